The van der Waals surface area contributed by atoms with E-state index in [9.17, 15) is 9.59 Å². The van der Waals surface area contributed by atoms with Gasteiger partial charge in [0.05, 0.1) is 6.04 Å². The van der Waals surface area contributed by atoms with Crippen molar-refractivity contribution in [1.82, 2.24) is 5.32 Å². The van der Waals surface area contributed by atoms with Crippen LogP contribution in [0.3, 0.4) is 0 Å². The van der Waals surface area contributed by atoms with E-state index in [0.29, 0.717) is 13.0 Å². The molecule has 4 N–H and O–H groups in total. The SMILES string of the molecule is CC(CCNC(=O)[C@@H](N)C(C)(C)C)CCC(=O)O. The number of carbonyl (C=O) groups excluding carboxylic acids is 1. The molecule has 0 bridgehead atoms. The van der Waals surface area contributed by atoms with E-state index >= 15 is 0 Å². The highest BCUT2D eigenvalue weighted by Crippen LogP contribution is 2.17. The molecule has 0 radical (unpaired) electrons. The van der Waals surface area contributed by atoms with Gasteiger partial charge in [-0.2, -0.15) is 0 Å². The molecule has 18 heavy (non-hydrogen) atoms. The summed E-state index contributed by atoms with van der Waals surface area (Å²) in [6.07, 6.45) is 1.59. The van der Waals surface area contributed by atoms with Crippen LogP contribution < -0.4 is 11.1 Å². The largest absolute Gasteiger partial charge is 0.481 e. The van der Waals surface area contributed by atoms with Crippen LogP contribution in [0, 0.1) is 11.3 Å². The molecule has 0 heterocycles. The predicted octanol–water partition coefficient (Wildman–Crippen LogP) is 1.37. The number of hydrogen-bond donors (Lipinski definition) is 3. The van der Waals surface area contributed by atoms with Crippen molar-refractivity contribution in [2.45, 2.75) is 53.0 Å². The summed E-state index contributed by atoms with van der Waals surface area (Å²) in [5.74, 6) is -0.638. The fourth-order valence-corrected chi connectivity index (χ4v) is 1.46. The molecule has 106 valence electrons. The quantitative estimate of drug-likeness (QED) is 0.643. The molecule has 1 unspecified atom stereocenters. The van der Waals surface area contributed by atoms with E-state index in [1.54, 1.807) is 0 Å². The Bertz CT molecular complexity index is 284. The predicted molar refractivity (Wildman–Crippen MR) is 71.1 cm³/mol. The molecule has 0 spiro atoms. The van der Waals surface area contributed by atoms with Gasteiger partial charge in [0.15, 0.2) is 0 Å². The van der Waals surface area contributed by atoms with Crippen LogP contribution in [-0.2, 0) is 9.59 Å². The maximum Gasteiger partial charge on any atom is 0.303 e. The minimum Gasteiger partial charge on any atom is -0.481 e. The van der Waals surface area contributed by atoms with E-state index < -0.39 is 12.0 Å². The molecule has 0 fully saturated rings. The Morgan fingerprint density at radius 3 is 2.28 bits per heavy atom. The molecule has 5 nitrogen and oxygen atoms in total. The van der Waals surface area contributed by atoms with Crippen molar-refractivity contribution in [3.63, 3.8) is 0 Å². The Morgan fingerprint density at radius 2 is 1.83 bits per heavy atom. The average molecular weight is 258 g/mol. The van der Waals surface area contributed by atoms with Crippen molar-refractivity contribution in [3.05, 3.63) is 0 Å². The third-order valence-corrected chi connectivity index (χ3v) is 3.00. The topological polar surface area (TPSA) is 92.4 Å². The van der Waals surface area contributed by atoms with Crippen LogP contribution >= 0.6 is 0 Å². The molecule has 0 saturated carbocycles. The van der Waals surface area contributed by atoms with E-state index in [1.165, 1.54) is 0 Å². The number of amides is 1. The number of aliphatic carboxylic acids is 1. The van der Waals surface area contributed by atoms with Crippen LogP contribution in [0.25, 0.3) is 0 Å². The van der Waals surface area contributed by atoms with Crippen molar-refractivity contribution in [1.29, 1.82) is 0 Å². The van der Waals surface area contributed by atoms with E-state index in [1.807, 2.05) is 27.7 Å². The zero-order valence-corrected chi connectivity index (χ0v) is 11.8. The molecule has 0 aliphatic rings. The summed E-state index contributed by atoms with van der Waals surface area (Å²) in [7, 11) is 0. The Balaban J connectivity index is 3.84. The Hall–Kier alpha value is -1.10. The first-order valence-corrected chi connectivity index (χ1v) is 6.39. The maximum atomic E-state index is 11.7. The first kappa shape index (κ1) is 16.9. The zero-order valence-electron chi connectivity index (χ0n) is 11.8. The minimum atomic E-state index is -0.777. The van der Waals surface area contributed by atoms with Gasteiger partial charge in [-0.1, -0.05) is 27.7 Å². The number of rotatable bonds is 7. The van der Waals surface area contributed by atoms with Gasteiger partial charge in [-0.3, -0.25) is 9.59 Å². The number of carbonyl (C=O) groups is 2. The summed E-state index contributed by atoms with van der Waals surface area (Å²) in [6.45, 7) is 8.30. The number of hydrogen-bond acceptors (Lipinski definition) is 3. The van der Waals surface area contributed by atoms with Gasteiger partial charge in [-0.05, 0) is 24.2 Å². The molecule has 0 aliphatic carbocycles. The van der Waals surface area contributed by atoms with Gasteiger partial charge in [-0.15, -0.1) is 0 Å². The summed E-state index contributed by atoms with van der Waals surface area (Å²) in [5, 5.41) is 11.3. The highest BCUT2D eigenvalue weighted by molar-refractivity contribution is 5.82. The van der Waals surface area contributed by atoms with Crippen LogP contribution in [0.2, 0.25) is 0 Å². The molecule has 0 saturated heterocycles. The lowest BCUT2D eigenvalue weighted by molar-refractivity contribution is -0.137. The van der Waals surface area contributed by atoms with E-state index in [0.717, 1.165) is 6.42 Å². The second-order valence-corrected chi connectivity index (χ2v) is 5.96. The molecule has 0 rings (SSSR count). The smallest absolute Gasteiger partial charge is 0.303 e. The van der Waals surface area contributed by atoms with Gasteiger partial charge in [0.25, 0.3) is 0 Å². The molecule has 0 aliphatic heterocycles. The molecule has 0 aromatic heterocycles. The van der Waals surface area contributed by atoms with Crippen LogP contribution in [0.4, 0.5) is 0 Å². The highest BCUT2D eigenvalue weighted by Gasteiger charge is 2.26. The van der Waals surface area contributed by atoms with Crippen molar-refractivity contribution >= 4 is 11.9 Å². The van der Waals surface area contributed by atoms with Crippen LogP contribution in [0.5, 0.6) is 0 Å². The van der Waals surface area contributed by atoms with Crippen molar-refractivity contribution in [2.75, 3.05) is 6.54 Å². The van der Waals surface area contributed by atoms with Gasteiger partial charge in [0, 0.05) is 13.0 Å². The van der Waals surface area contributed by atoms with Crippen LogP contribution in [-0.4, -0.2) is 29.6 Å². The number of nitrogens with two attached hydrogens (primary N) is 1. The van der Waals surface area contributed by atoms with E-state index in [4.69, 9.17) is 10.8 Å². The number of carboxylic acids is 1. The summed E-state index contributed by atoms with van der Waals surface area (Å²) < 4.78 is 0. The monoisotopic (exact) mass is 258 g/mol. The molecular weight excluding hydrogens is 232 g/mol. The molecular formula is C13H26N2O3. The fourth-order valence-electron chi connectivity index (χ4n) is 1.46. The summed E-state index contributed by atoms with van der Waals surface area (Å²) in [6, 6.07) is -0.521. The van der Waals surface area contributed by atoms with E-state index in [-0.39, 0.29) is 23.7 Å². The van der Waals surface area contributed by atoms with Gasteiger partial charge >= 0.3 is 5.97 Å². The van der Waals surface area contributed by atoms with Gasteiger partial charge in [0.1, 0.15) is 0 Å². The Labute approximate surface area is 109 Å². The summed E-state index contributed by atoms with van der Waals surface area (Å²) in [5.41, 5.74) is 5.57. The lowest BCUT2D eigenvalue weighted by Crippen LogP contribution is -2.48. The maximum absolute atomic E-state index is 11.7. The van der Waals surface area contributed by atoms with Crippen molar-refractivity contribution in [2.24, 2.45) is 17.1 Å². The standard InChI is InChI=1S/C13H26N2O3/c1-9(5-6-10(16)17)7-8-15-12(18)11(14)13(2,3)4/h9,11H,5-8,14H2,1-4H3,(H,15,18)(H,16,17)/t9?,11-/m1/s1. The fraction of sp³-hybridized carbons (Fsp3) is 0.846. The Morgan fingerprint density at radius 1 is 1.28 bits per heavy atom. The Kier molecular flexibility index (Phi) is 6.91. The molecule has 1 amide bonds. The average Bonchev–Trinajstić information content (AvgIpc) is 2.23. The van der Waals surface area contributed by atoms with Gasteiger partial charge in [0.2, 0.25) is 5.91 Å². The lowest BCUT2D eigenvalue weighted by atomic mass is 9.87. The number of nitrogens with one attached hydrogen (secondary N) is 1. The highest BCUT2D eigenvalue weighted by atomic mass is 16.4. The van der Waals surface area contributed by atoms with Gasteiger partial charge < -0.3 is 16.2 Å². The molecule has 0 aromatic carbocycles. The van der Waals surface area contributed by atoms with Crippen LogP contribution in [0.1, 0.15) is 47.0 Å². The summed E-state index contributed by atoms with van der Waals surface area (Å²) in [4.78, 5) is 22.1. The third kappa shape index (κ3) is 7.27. The van der Waals surface area contributed by atoms with Gasteiger partial charge in [-0.25, -0.2) is 0 Å². The third-order valence-electron chi connectivity index (χ3n) is 3.00. The second kappa shape index (κ2) is 7.36. The normalized spacial score (nSPS) is 14.9. The second-order valence-electron chi connectivity index (χ2n) is 5.96. The first-order valence-electron chi connectivity index (χ1n) is 6.39. The van der Waals surface area contributed by atoms with Crippen molar-refractivity contribution in [3.8, 4) is 0 Å². The zero-order chi connectivity index (χ0) is 14.3. The minimum absolute atomic E-state index is 0.145. The van der Waals surface area contributed by atoms with Crippen molar-refractivity contribution < 1.29 is 14.7 Å². The molecule has 5 heteroatoms. The molecule has 0 aromatic rings. The lowest BCUT2D eigenvalue weighted by Gasteiger charge is -2.26. The summed E-state index contributed by atoms with van der Waals surface area (Å²) >= 11 is 0. The number of carboxylic acid groups (broad SMARTS) is 1. The van der Waals surface area contributed by atoms with E-state index in [2.05, 4.69) is 5.32 Å². The van der Waals surface area contributed by atoms with Crippen LogP contribution in [0.15, 0.2) is 0 Å². The first-order chi connectivity index (χ1) is 8.14. The molecule has 2 atom stereocenters.